The van der Waals surface area contributed by atoms with Gasteiger partial charge in [0.2, 0.25) is 0 Å². The molecule has 0 aromatic carbocycles. The molecule has 78 valence electrons. The van der Waals surface area contributed by atoms with E-state index >= 15 is 0 Å². The van der Waals surface area contributed by atoms with Crippen LogP contribution in [0.15, 0.2) is 5.38 Å². The SMILES string of the molecule is CC(CN)c1csc(N2CCCC2)n1. The molecule has 2 heterocycles. The first-order valence-electron chi connectivity index (χ1n) is 5.21. The zero-order valence-electron chi connectivity index (χ0n) is 8.57. The fourth-order valence-corrected chi connectivity index (χ4v) is 2.68. The lowest BCUT2D eigenvalue weighted by molar-refractivity contribution is 0.749. The highest BCUT2D eigenvalue weighted by Gasteiger charge is 2.16. The van der Waals surface area contributed by atoms with Crippen LogP contribution >= 0.6 is 11.3 Å². The van der Waals surface area contributed by atoms with E-state index in [1.807, 2.05) is 0 Å². The van der Waals surface area contributed by atoms with E-state index in [9.17, 15) is 0 Å². The monoisotopic (exact) mass is 211 g/mol. The second-order valence-electron chi connectivity index (χ2n) is 3.89. The van der Waals surface area contributed by atoms with Gasteiger partial charge in [-0.3, -0.25) is 0 Å². The highest BCUT2D eigenvalue weighted by atomic mass is 32.1. The molecule has 1 atom stereocenters. The van der Waals surface area contributed by atoms with Crippen molar-refractivity contribution < 1.29 is 0 Å². The summed E-state index contributed by atoms with van der Waals surface area (Å²) >= 11 is 1.75. The lowest BCUT2D eigenvalue weighted by Gasteiger charge is -2.12. The van der Waals surface area contributed by atoms with E-state index in [1.54, 1.807) is 11.3 Å². The highest BCUT2D eigenvalue weighted by molar-refractivity contribution is 7.13. The summed E-state index contributed by atoms with van der Waals surface area (Å²) in [4.78, 5) is 7.00. The number of aromatic nitrogens is 1. The maximum absolute atomic E-state index is 5.62. The minimum Gasteiger partial charge on any atom is -0.348 e. The highest BCUT2D eigenvalue weighted by Crippen LogP contribution is 2.27. The van der Waals surface area contributed by atoms with Crippen molar-refractivity contribution in [2.75, 3.05) is 24.5 Å². The summed E-state index contributed by atoms with van der Waals surface area (Å²) in [6, 6.07) is 0. The summed E-state index contributed by atoms with van der Waals surface area (Å²) in [6.07, 6.45) is 2.61. The first-order valence-corrected chi connectivity index (χ1v) is 6.09. The third-order valence-electron chi connectivity index (χ3n) is 2.74. The van der Waals surface area contributed by atoms with Crippen LogP contribution in [0.3, 0.4) is 0 Å². The standard InChI is InChI=1S/C10H17N3S/c1-8(6-11)9-7-14-10(12-9)13-4-2-3-5-13/h7-8H,2-6,11H2,1H3. The number of rotatable bonds is 3. The van der Waals surface area contributed by atoms with Crippen LogP contribution in [0.5, 0.6) is 0 Å². The molecule has 1 aliphatic rings. The topological polar surface area (TPSA) is 42.1 Å². The Balaban J connectivity index is 2.08. The van der Waals surface area contributed by atoms with Gasteiger partial charge >= 0.3 is 0 Å². The van der Waals surface area contributed by atoms with Crippen LogP contribution in [0.1, 0.15) is 31.4 Å². The fourth-order valence-electron chi connectivity index (χ4n) is 1.68. The van der Waals surface area contributed by atoms with Crippen LogP contribution in [-0.4, -0.2) is 24.6 Å². The summed E-state index contributed by atoms with van der Waals surface area (Å²) in [7, 11) is 0. The van der Waals surface area contributed by atoms with Gasteiger partial charge in [0.1, 0.15) is 0 Å². The molecule has 1 saturated heterocycles. The molecular weight excluding hydrogens is 194 g/mol. The molecule has 1 fully saturated rings. The van der Waals surface area contributed by atoms with Gasteiger partial charge in [0.25, 0.3) is 0 Å². The number of nitrogens with zero attached hydrogens (tertiary/aromatic N) is 2. The van der Waals surface area contributed by atoms with Gasteiger partial charge in [-0.15, -0.1) is 11.3 Å². The van der Waals surface area contributed by atoms with Crippen molar-refractivity contribution in [3.05, 3.63) is 11.1 Å². The smallest absolute Gasteiger partial charge is 0.185 e. The number of thiazole rings is 1. The lowest BCUT2D eigenvalue weighted by Crippen LogP contribution is -2.17. The van der Waals surface area contributed by atoms with Crippen LogP contribution in [0.2, 0.25) is 0 Å². The second kappa shape index (κ2) is 4.28. The Labute approximate surface area is 88.9 Å². The minimum absolute atomic E-state index is 0.391. The van der Waals surface area contributed by atoms with Gasteiger partial charge in [-0.05, 0) is 12.8 Å². The molecule has 0 bridgehead atoms. The minimum atomic E-state index is 0.391. The summed E-state index contributed by atoms with van der Waals surface area (Å²) in [5, 5.41) is 3.32. The van der Waals surface area contributed by atoms with Crippen molar-refractivity contribution in [3.63, 3.8) is 0 Å². The first-order chi connectivity index (χ1) is 6.81. The molecule has 0 aliphatic carbocycles. The molecule has 2 rings (SSSR count). The van der Waals surface area contributed by atoms with Crippen molar-refractivity contribution in [3.8, 4) is 0 Å². The quantitative estimate of drug-likeness (QED) is 0.829. The van der Waals surface area contributed by atoms with Gasteiger partial charge in [-0.2, -0.15) is 0 Å². The second-order valence-corrected chi connectivity index (χ2v) is 4.72. The van der Waals surface area contributed by atoms with E-state index in [0.717, 1.165) is 5.69 Å². The summed E-state index contributed by atoms with van der Waals surface area (Å²) in [6.45, 7) is 5.15. The number of nitrogens with two attached hydrogens (primary N) is 1. The normalized spacial score (nSPS) is 18.9. The number of anilines is 1. The average Bonchev–Trinajstić information content (AvgIpc) is 2.86. The molecule has 1 aliphatic heterocycles. The molecule has 4 heteroatoms. The molecule has 3 nitrogen and oxygen atoms in total. The average molecular weight is 211 g/mol. The van der Waals surface area contributed by atoms with E-state index in [-0.39, 0.29) is 0 Å². The molecule has 2 N–H and O–H groups in total. The van der Waals surface area contributed by atoms with E-state index in [4.69, 9.17) is 5.73 Å². The maximum atomic E-state index is 5.62. The zero-order valence-corrected chi connectivity index (χ0v) is 9.39. The predicted octanol–water partition coefficient (Wildman–Crippen LogP) is 1.81. The molecule has 1 aromatic heterocycles. The van der Waals surface area contributed by atoms with E-state index < -0.39 is 0 Å². The molecule has 1 aromatic rings. The predicted molar refractivity (Wildman–Crippen MR) is 61.0 cm³/mol. The van der Waals surface area contributed by atoms with Gasteiger partial charge in [-0.25, -0.2) is 4.98 Å². The lowest BCUT2D eigenvalue weighted by atomic mass is 10.1. The molecule has 0 radical (unpaired) electrons. The third-order valence-corrected chi connectivity index (χ3v) is 3.66. The van der Waals surface area contributed by atoms with Crippen LogP contribution < -0.4 is 10.6 Å². The Hall–Kier alpha value is -0.610. The van der Waals surface area contributed by atoms with Crippen molar-refractivity contribution in [2.24, 2.45) is 5.73 Å². The van der Waals surface area contributed by atoms with Gasteiger partial charge < -0.3 is 10.6 Å². The zero-order chi connectivity index (χ0) is 9.97. The van der Waals surface area contributed by atoms with Crippen molar-refractivity contribution in [1.82, 2.24) is 4.98 Å². The third kappa shape index (κ3) is 1.91. The number of hydrogen-bond donors (Lipinski definition) is 1. The van der Waals surface area contributed by atoms with Crippen LogP contribution in [-0.2, 0) is 0 Å². The van der Waals surface area contributed by atoms with Gasteiger partial charge in [0.05, 0.1) is 5.69 Å². The Morgan fingerprint density at radius 3 is 2.93 bits per heavy atom. The molecule has 0 amide bonds. The van der Waals surface area contributed by atoms with Crippen LogP contribution in [0.25, 0.3) is 0 Å². The van der Waals surface area contributed by atoms with Crippen LogP contribution in [0.4, 0.5) is 5.13 Å². The molecule has 1 unspecified atom stereocenters. The Morgan fingerprint density at radius 1 is 1.57 bits per heavy atom. The largest absolute Gasteiger partial charge is 0.348 e. The van der Waals surface area contributed by atoms with Gasteiger partial charge in [0, 0.05) is 30.9 Å². The Kier molecular flexibility index (Phi) is 3.03. The summed E-state index contributed by atoms with van der Waals surface area (Å²) in [5.41, 5.74) is 6.77. The van der Waals surface area contributed by atoms with Crippen molar-refractivity contribution in [2.45, 2.75) is 25.7 Å². The summed E-state index contributed by atoms with van der Waals surface area (Å²) in [5.74, 6) is 0.391. The summed E-state index contributed by atoms with van der Waals surface area (Å²) < 4.78 is 0. The Morgan fingerprint density at radius 2 is 2.29 bits per heavy atom. The van der Waals surface area contributed by atoms with Crippen molar-refractivity contribution in [1.29, 1.82) is 0 Å². The number of hydrogen-bond acceptors (Lipinski definition) is 4. The van der Waals surface area contributed by atoms with E-state index in [2.05, 4.69) is 22.2 Å². The Bertz CT molecular complexity index is 291. The molecule has 0 saturated carbocycles. The van der Waals surface area contributed by atoms with Gasteiger partial charge in [-0.1, -0.05) is 6.92 Å². The molecule has 0 spiro atoms. The van der Waals surface area contributed by atoms with Crippen molar-refractivity contribution >= 4 is 16.5 Å². The maximum Gasteiger partial charge on any atom is 0.185 e. The van der Waals surface area contributed by atoms with E-state index in [1.165, 1.54) is 31.1 Å². The van der Waals surface area contributed by atoms with Gasteiger partial charge in [0.15, 0.2) is 5.13 Å². The van der Waals surface area contributed by atoms with Crippen LogP contribution in [0, 0.1) is 0 Å². The molecule has 14 heavy (non-hydrogen) atoms. The molecular formula is C10H17N3S. The fraction of sp³-hybridized carbons (Fsp3) is 0.700. The van der Waals surface area contributed by atoms with E-state index in [0.29, 0.717) is 12.5 Å². The first kappa shape index (κ1) is 9.93.